The van der Waals surface area contributed by atoms with Gasteiger partial charge in [-0.3, -0.25) is 0 Å². The van der Waals surface area contributed by atoms with Crippen LogP contribution in [0.5, 0.6) is 0 Å². The second-order valence-electron chi connectivity index (χ2n) is 6.53. The molecule has 2 aliphatic rings. The van der Waals surface area contributed by atoms with Crippen molar-refractivity contribution in [2.24, 2.45) is 0 Å². The quantitative estimate of drug-likeness (QED) is 0.829. The first-order chi connectivity index (χ1) is 8.65. The topological polar surface area (TPSA) is 18.5 Å². The van der Waals surface area contributed by atoms with Gasteiger partial charge in [0.1, 0.15) is 0 Å². The summed E-state index contributed by atoms with van der Waals surface area (Å²) >= 11 is 0. The monoisotopic (exact) mass is 253 g/mol. The lowest BCUT2D eigenvalue weighted by Crippen LogP contribution is -2.48. The zero-order valence-corrected chi connectivity index (χ0v) is 12.5. The number of piperidine rings is 1. The van der Waals surface area contributed by atoms with E-state index in [4.69, 9.17) is 0 Å². The number of likely N-dealkylation sites (tertiary alicyclic amines) is 2. The highest BCUT2D eigenvalue weighted by Crippen LogP contribution is 2.16. The zero-order chi connectivity index (χ0) is 13.0. The summed E-state index contributed by atoms with van der Waals surface area (Å²) in [6.45, 7) is 9.74. The van der Waals surface area contributed by atoms with Gasteiger partial charge in [-0.15, -0.1) is 0 Å². The number of hydrogen-bond acceptors (Lipinski definition) is 3. The predicted molar refractivity (Wildman–Crippen MR) is 78.0 cm³/mol. The summed E-state index contributed by atoms with van der Waals surface area (Å²) in [5, 5.41) is 3.92. The molecule has 0 aliphatic carbocycles. The van der Waals surface area contributed by atoms with Crippen LogP contribution in [0.3, 0.4) is 0 Å². The first-order valence-electron chi connectivity index (χ1n) is 7.84. The Hall–Kier alpha value is -0.120. The van der Waals surface area contributed by atoms with Gasteiger partial charge in [-0.25, -0.2) is 0 Å². The lowest BCUT2D eigenvalue weighted by Gasteiger charge is -2.33. The molecule has 18 heavy (non-hydrogen) atoms. The fourth-order valence-electron chi connectivity index (χ4n) is 3.44. The van der Waals surface area contributed by atoms with Gasteiger partial charge in [0.15, 0.2) is 0 Å². The van der Waals surface area contributed by atoms with E-state index in [9.17, 15) is 0 Å². The van der Waals surface area contributed by atoms with E-state index >= 15 is 0 Å². The molecule has 3 nitrogen and oxygen atoms in total. The van der Waals surface area contributed by atoms with Crippen LogP contribution in [-0.2, 0) is 0 Å². The summed E-state index contributed by atoms with van der Waals surface area (Å²) < 4.78 is 0. The van der Waals surface area contributed by atoms with Crippen LogP contribution < -0.4 is 5.32 Å². The van der Waals surface area contributed by atoms with Crippen LogP contribution in [0.2, 0.25) is 0 Å². The van der Waals surface area contributed by atoms with Gasteiger partial charge in [-0.1, -0.05) is 0 Å². The Bertz CT molecular complexity index is 242. The van der Waals surface area contributed by atoms with E-state index in [2.05, 4.69) is 36.0 Å². The molecule has 2 rings (SSSR count). The molecule has 3 heteroatoms. The van der Waals surface area contributed by atoms with E-state index in [1.165, 1.54) is 58.3 Å². The van der Waals surface area contributed by atoms with Gasteiger partial charge in [0, 0.05) is 24.7 Å². The molecule has 2 heterocycles. The lowest BCUT2D eigenvalue weighted by atomic mass is 10.0. The second-order valence-corrected chi connectivity index (χ2v) is 6.53. The van der Waals surface area contributed by atoms with E-state index in [1.807, 2.05) is 0 Å². The molecule has 0 aromatic heterocycles. The minimum Gasteiger partial charge on any atom is -0.310 e. The highest BCUT2D eigenvalue weighted by Gasteiger charge is 2.23. The van der Waals surface area contributed by atoms with E-state index in [0.29, 0.717) is 6.04 Å². The Labute approximate surface area is 113 Å². The largest absolute Gasteiger partial charge is 0.310 e. The van der Waals surface area contributed by atoms with Gasteiger partial charge in [0.05, 0.1) is 0 Å². The number of nitrogens with zero attached hydrogens (tertiary/aromatic N) is 2. The SMILES string of the molecule is CC(C)N1CCCC(NC2CCCN(C)C2)CC1. The molecule has 1 N–H and O–H groups in total. The summed E-state index contributed by atoms with van der Waals surface area (Å²) in [5.41, 5.74) is 0. The van der Waals surface area contributed by atoms with Gasteiger partial charge in [-0.05, 0) is 72.6 Å². The van der Waals surface area contributed by atoms with Gasteiger partial charge >= 0.3 is 0 Å². The van der Waals surface area contributed by atoms with E-state index < -0.39 is 0 Å². The Morgan fingerprint density at radius 1 is 0.944 bits per heavy atom. The molecule has 0 bridgehead atoms. The van der Waals surface area contributed by atoms with Crippen molar-refractivity contribution in [1.29, 1.82) is 0 Å². The van der Waals surface area contributed by atoms with Crippen molar-refractivity contribution >= 4 is 0 Å². The maximum absolute atomic E-state index is 3.92. The highest BCUT2D eigenvalue weighted by atomic mass is 15.2. The number of likely N-dealkylation sites (N-methyl/N-ethyl adjacent to an activating group) is 1. The molecular formula is C15H31N3. The van der Waals surface area contributed by atoms with Crippen molar-refractivity contribution in [1.82, 2.24) is 15.1 Å². The Balaban J connectivity index is 1.76. The van der Waals surface area contributed by atoms with E-state index in [-0.39, 0.29) is 0 Å². The highest BCUT2D eigenvalue weighted by molar-refractivity contribution is 4.83. The summed E-state index contributed by atoms with van der Waals surface area (Å²) in [6, 6.07) is 2.20. The number of rotatable bonds is 3. The summed E-state index contributed by atoms with van der Waals surface area (Å²) in [6.07, 6.45) is 6.79. The molecule has 2 atom stereocenters. The molecule has 0 radical (unpaired) electrons. The molecule has 0 aromatic carbocycles. The Morgan fingerprint density at radius 3 is 2.39 bits per heavy atom. The number of nitrogens with one attached hydrogen (secondary N) is 1. The molecule has 0 spiro atoms. The lowest BCUT2D eigenvalue weighted by molar-refractivity contribution is 0.206. The third-order valence-electron chi connectivity index (χ3n) is 4.59. The first-order valence-corrected chi connectivity index (χ1v) is 7.84. The first kappa shape index (κ1) is 14.3. The third kappa shape index (κ3) is 4.22. The van der Waals surface area contributed by atoms with Crippen molar-refractivity contribution in [3.8, 4) is 0 Å². The maximum atomic E-state index is 3.92. The zero-order valence-electron chi connectivity index (χ0n) is 12.5. The molecule has 0 aromatic rings. The molecule has 0 saturated carbocycles. The summed E-state index contributed by atoms with van der Waals surface area (Å²) in [7, 11) is 2.25. The molecule has 0 amide bonds. The summed E-state index contributed by atoms with van der Waals surface area (Å²) in [4.78, 5) is 5.10. The predicted octanol–water partition coefficient (Wildman–Crippen LogP) is 1.93. The van der Waals surface area contributed by atoms with Gasteiger partial charge in [0.25, 0.3) is 0 Å². The molecule has 2 fully saturated rings. The van der Waals surface area contributed by atoms with E-state index in [1.54, 1.807) is 0 Å². The Kier molecular flexibility index (Phi) is 5.46. The van der Waals surface area contributed by atoms with Gasteiger partial charge < -0.3 is 15.1 Å². The standard InChI is InChI=1S/C15H31N3/c1-13(2)18-10-5-6-14(8-11-18)16-15-7-4-9-17(3)12-15/h13-16H,4-12H2,1-3H3. The Morgan fingerprint density at radius 2 is 1.67 bits per heavy atom. The second kappa shape index (κ2) is 6.88. The minimum absolute atomic E-state index is 0.713. The third-order valence-corrected chi connectivity index (χ3v) is 4.59. The van der Waals surface area contributed by atoms with Crippen molar-refractivity contribution in [2.75, 3.05) is 33.2 Å². The van der Waals surface area contributed by atoms with Gasteiger partial charge in [0.2, 0.25) is 0 Å². The number of hydrogen-bond donors (Lipinski definition) is 1. The molecule has 2 aliphatic heterocycles. The fraction of sp³-hybridized carbons (Fsp3) is 1.00. The van der Waals surface area contributed by atoms with Crippen molar-refractivity contribution in [2.45, 2.75) is 64.1 Å². The average Bonchev–Trinajstić information content (AvgIpc) is 2.55. The van der Waals surface area contributed by atoms with Crippen LogP contribution in [-0.4, -0.2) is 61.2 Å². The van der Waals surface area contributed by atoms with Crippen LogP contribution in [0.25, 0.3) is 0 Å². The van der Waals surface area contributed by atoms with Gasteiger partial charge in [-0.2, -0.15) is 0 Å². The average molecular weight is 253 g/mol. The van der Waals surface area contributed by atoms with Crippen LogP contribution in [0.15, 0.2) is 0 Å². The molecule has 2 saturated heterocycles. The molecular weight excluding hydrogens is 222 g/mol. The molecule has 106 valence electrons. The van der Waals surface area contributed by atoms with Crippen molar-refractivity contribution in [3.63, 3.8) is 0 Å². The van der Waals surface area contributed by atoms with Crippen LogP contribution >= 0.6 is 0 Å². The minimum atomic E-state index is 0.713. The van der Waals surface area contributed by atoms with Crippen molar-refractivity contribution < 1.29 is 0 Å². The van der Waals surface area contributed by atoms with Crippen LogP contribution in [0.1, 0.15) is 46.0 Å². The fourth-order valence-corrected chi connectivity index (χ4v) is 3.44. The van der Waals surface area contributed by atoms with Crippen molar-refractivity contribution in [3.05, 3.63) is 0 Å². The summed E-state index contributed by atoms with van der Waals surface area (Å²) in [5.74, 6) is 0. The smallest absolute Gasteiger partial charge is 0.0197 e. The molecule has 2 unspecified atom stereocenters. The van der Waals surface area contributed by atoms with Crippen LogP contribution in [0.4, 0.5) is 0 Å². The van der Waals surface area contributed by atoms with Crippen LogP contribution in [0, 0.1) is 0 Å². The van der Waals surface area contributed by atoms with E-state index in [0.717, 1.165) is 12.1 Å². The normalized spacial score (nSPS) is 32.7. The maximum Gasteiger partial charge on any atom is 0.0197 e.